The van der Waals surface area contributed by atoms with E-state index in [1.54, 1.807) is 12.1 Å². The van der Waals surface area contributed by atoms with Crippen LogP contribution in [-0.4, -0.2) is 37.7 Å². The fourth-order valence-corrected chi connectivity index (χ4v) is 2.71. The highest BCUT2D eigenvalue weighted by atomic mass is 19.3. The molecule has 1 aliphatic heterocycles. The smallest absolute Gasteiger partial charge is 0.387 e. The topological polar surface area (TPSA) is 24.5 Å². The van der Waals surface area contributed by atoms with Crippen molar-refractivity contribution in [1.29, 1.82) is 0 Å². The van der Waals surface area contributed by atoms with E-state index in [0.717, 1.165) is 31.5 Å². The SMILES string of the molecule is CNC1CCN(C(C)c2ccc(OC(F)F)cc2)CC1. The Hall–Kier alpha value is -1.20. The van der Waals surface area contributed by atoms with Gasteiger partial charge in [-0.1, -0.05) is 12.1 Å². The van der Waals surface area contributed by atoms with Crippen LogP contribution >= 0.6 is 0 Å². The van der Waals surface area contributed by atoms with E-state index in [9.17, 15) is 8.78 Å². The molecule has 1 aliphatic rings. The summed E-state index contributed by atoms with van der Waals surface area (Å²) in [5, 5.41) is 3.31. The largest absolute Gasteiger partial charge is 0.435 e. The van der Waals surface area contributed by atoms with Crippen LogP contribution in [0.1, 0.15) is 31.4 Å². The van der Waals surface area contributed by atoms with Crippen LogP contribution in [0.3, 0.4) is 0 Å². The van der Waals surface area contributed by atoms with E-state index in [1.807, 2.05) is 19.2 Å². The number of halogens is 2. The van der Waals surface area contributed by atoms with Gasteiger partial charge in [0, 0.05) is 25.2 Å². The molecule has 3 nitrogen and oxygen atoms in total. The molecule has 1 fully saturated rings. The molecule has 1 unspecified atom stereocenters. The van der Waals surface area contributed by atoms with Gasteiger partial charge in [0.1, 0.15) is 5.75 Å². The number of hydrogen-bond acceptors (Lipinski definition) is 3. The lowest BCUT2D eigenvalue weighted by atomic mass is 10.0. The maximum atomic E-state index is 12.1. The molecule has 112 valence electrons. The monoisotopic (exact) mass is 284 g/mol. The number of rotatable bonds is 5. The summed E-state index contributed by atoms with van der Waals surface area (Å²) in [6.07, 6.45) is 2.29. The van der Waals surface area contributed by atoms with Crippen molar-refractivity contribution in [2.45, 2.75) is 38.5 Å². The average molecular weight is 284 g/mol. The van der Waals surface area contributed by atoms with Gasteiger partial charge in [-0.15, -0.1) is 0 Å². The van der Waals surface area contributed by atoms with Crippen LogP contribution in [0.15, 0.2) is 24.3 Å². The third-order valence-electron chi connectivity index (χ3n) is 4.07. The molecule has 1 aromatic rings. The summed E-state index contributed by atoms with van der Waals surface area (Å²) in [5.74, 6) is 0.213. The summed E-state index contributed by atoms with van der Waals surface area (Å²) in [6, 6.07) is 7.86. The number of nitrogens with one attached hydrogen (secondary N) is 1. The van der Waals surface area contributed by atoms with Gasteiger partial charge in [0.05, 0.1) is 0 Å². The zero-order valence-corrected chi connectivity index (χ0v) is 12.0. The first kappa shape index (κ1) is 15.2. The predicted molar refractivity (Wildman–Crippen MR) is 75.1 cm³/mol. The molecule has 0 amide bonds. The Labute approximate surface area is 118 Å². The van der Waals surface area contributed by atoms with E-state index in [2.05, 4.69) is 21.9 Å². The molecule has 1 N–H and O–H groups in total. The molecular formula is C15H22F2N2O. The maximum absolute atomic E-state index is 12.1. The standard InChI is InChI=1S/C15H22F2N2O/c1-11(19-9-7-13(18-2)8-10-19)12-3-5-14(6-4-12)20-15(16)17/h3-6,11,13,15,18H,7-10H2,1-2H3. The summed E-state index contributed by atoms with van der Waals surface area (Å²) < 4.78 is 28.6. The first-order valence-electron chi connectivity index (χ1n) is 7.06. The van der Waals surface area contributed by atoms with Crippen molar-refractivity contribution in [2.75, 3.05) is 20.1 Å². The molecular weight excluding hydrogens is 262 g/mol. The number of ether oxygens (including phenoxy) is 1. The van der Waals surface area contributed by atoms with Gasteiger partial charge in [-0.25, -0.2) is 0 Å². The fourth-order valence-electron chi connectivity index (χ4n) is 2.71. The van der Waals surface area contributed by atoms with E-state index in [-0.39, 0.29) is 5.75 Å². The number of hydrogen-bond donors (Lipinski definition) is 1. The highest BCUT2D eigenvalue weighted by Crippen LogP contribution is 2.26. The Morgan fingerprint density at radius 1 is 1.20 bits per heavy atom. The van der Waals surface area contributed by atoms with E-state index in [1.165, 1.54) is 0 Å². The number of piperidine rings is 1. The molecule has 1 atom stereocenters. The molecule has 0 aliphatic carbocycles. The third kappa shape index (κ3) is 3.90. The summed E-state index contributed by atoms with van der Waals surface area (Å²) in [5.41, 5.74) is 1.13. The van der Waals surface area contributed by atoms with Gasteiger partial charge >= 0.3 is 6.61 Å². The molecule has 0 radical (unpaired) electrons. The summed E-state index contributed by atoms with van der Waals surface area (Å²) in [7, 11) is 2.01. The zero-order chi connectivity index (χ0) is 14.5. The normalized spacial score (nSPS) is 19.2. The van der Waals surface area contributed by atoms with Gasteiger partial charge in [-0.05, 0) is 44.5 Å². The minimum absolute atomic E-state index is 0.213. The second-order valence-electron chi connectivity index (χ2n) is 5.22. The summed E-state index contributed by atoms with van der Waals surface area (Å²) >= 11 is 0. The van der Waals surface area contributed by atoms with Crippen LogP contribution in [0, 0.1) is 0 Å². The lowest BCUT2D eigenvalue weighted by molar-refractivity contribution is -0.0498. The molecule has 20 heavy (non-hydrogen) atoms. The highest BCUT2D eigenvalue weighted by Gasteiger charge is 2.22. The second-order valence-corrected chi connectivity index (χ2v) is 5.22. The summed E-state index contributed by atoms with van der Waals surface area (Å²) in [6.45, 7) is 1.51. The first-order chi connectivity index (χ1) is 9.60. The zero-order valence-electron chi connectivity index (χ0n) is 12.0. The third-order valence-corrected chi connectivity index (χ3v) is 4.07. The number of likely N-dealkylation sites (tertiary alicyclic amines) is 1. The highest BCUT2D eigenvalue weighted by molar-refractivity contribution is 5.29. The van der Waals surface area contributed by atoms with E-state index in [0.29, 0.717) is 12.1 Å². The minimum atomic E-state index is -2.76. The van der Waals surface area contributed by atoms with Crippen LogP contribution in [0.2, 0.25) is 0 Å². The van der Waals surface area contributed by atoms with Gasteiger partial charge < -0.3 is 10.1 Å². The Morgan fingerprint density at radius 3 is 2.30 bits per heavy atom. The van der Waals surface area contributed by atoms with Crippen molar-refractivity contribution >= 4 is 0 Å². The second kappa shape index (κ2) is 6.99. The number of alkyl halides is 2. The average Bonchev–Trinajstić information content (AvgIpc) is 2.47. The lowest BCUT2D eigenvalue weighted by Crippen LogP contribution is -2.42. The molecule has 0 bridgehead atoms. The van der Waals surface area contributed by atoms with Crippen molar-refractivity contribution < 1.29 is 13.5 Å². The fraction of sp³-hybridized carbons (Fsp3) is 0.600. The number of benzene rings is 1. The minimum Gasteiger partial charge on any atom is -0.435 e. The quantitative estimate of drug-likeness (QED) is 0.899. The Morgan fingerprint density at radius 2 is 1.80 bits per heavy atom. The number of nitrogens with zero attached hydrogens (tertiary/aromatic N) is 1. The van der Waals surface area contributed by atoms with Crippen LogP contribution in [0.5, 0.6) is 5.75 Å². The molecule has 5 heteroatoms. The molecule has 1 heterocycles. The molecule has 1 saturated heterocycles. The van der Waals surface area contributed by atoms with Crippen molar-refractivity contribution in [2.24, 2.45) is 0 Å². The maximum Gasteiger partial charge on any atom is 0.387 e. The summed E-state index contributed by atoms with van der Waals surface area (Å²) in [4.78, 5) is 2.43. The van der Waals surface area contributed by atoms with Crippen molar-refractivity contribution in [3.8, 4) is 5.75 Å². The Balaban J connectivity index is 1.94. The van der Waals surface area contributed by atoms with Crippen LogP contribution in [0.25, 0.3) is 0 Å². The molecule has 0 saturated carbocycles. The van der Waals surface area contributed by atoms with E-state index >= 15 is 0 Å². The van der Waals surface area contributed by atoms with Gasteiger partial charge in [0.25, 0.3) is 0 Å². The van der Waals surface area contributed by atoms with Crippen LogP contribution in [-0.2, 0) is 0 Å². The molecule has 0 aromatic heterocycles. The Kier molecular flexibility index (Phi) is 5.31. The van der Waals surface area contributed by atoms with Crippen molar-refractivity contribution in [3.05, 3.63) is 29.8 Å². The predicted octanol–water partition coefficient (Wildman–Crippen LogP) is 3.03. The van der Waals surface area contributed by atoms with Crippen LogP contribution < -0.4 is 10.1 Å². The van der Waals surface area contributed by atoms with Gasteiger partial charge in [-0.2, -0.15) is 8.78 Å². The van der Waals surface area contributed by atoms with Gasteiger partial charge in [0.15, 0.2) is 0 Å². The molecule has 1 aromatic carbocycles. The molecule has 0 spiro atoms. The van der Waals surface area contributed by atoms with E-state index < -0.39 is 6.61 Å². The van der Waals surface area contributed by atoms with E-state index in [4.69, 9.17) is 0 Å². The van der Waals surface area contributed by atoms with Gasteiger partial charge in [0.2, 0.25) is 0 Å². The van der Waals surface area contributed by atoms with Crippen LogP contribution in [0.4, 0.5) is 8.78 Å². The van der Waals surface area contributed by atoms with Crippen molar-refractivity contribution in [3.63, 3.8) is 0 Å². The van der Waals surface area contributed by atoms with Crippen molar-refractivity contribution in [1.82, 2.24) is 10.2 Å². The first-order valence-corrected chi connectivity index (χ1v) is 7.06. The van der Waals surface area contributed by atoms with Gasteiger partial charge in [-0.3, -0.25) is 4.90 Å². The molecule has 2 rings (SSSR count). The Bertz CT molecular complexity index is 403. The lowest BCUT2D eigenvalue weighted by Gasteiger charge is -2.36.